The third-order valence-corrected chi connectivity index (χ3v) is 13.0. The maximum atomic E-state index is 5.36. The van der Waals surface area contributed by atoms with Crippen LogP contribution in [0, 0.1) is 0 Å². The van der Waals surface area contributed by atoms with Gasteiger partial charge in [-0.05, 0) is 89.3 Å². The molecular formula is C61H40N2. The molecule has 0 saturated carbocycles. The van der Waals surface area contributed by atoms with Crippen LogP contribution in [-0.2, 0) is 5.41 Å². The monoisotopic (exact) mass is 800 g/mol. The molecule has 0 spiro atoms. The third-order valence-electron chi connectivity index (χ3n) is 13.0. The zero-order chi connectivity index (χ0) is 41.7. The highest BCUT2D eigenvalue weighted by Gasteiger charge is 2.46. The van der Waals surface area contributed by atoms with Crippen LogP contribution in [0.3, 0.4) is 0 Å². The minimum atomic E-state index is -0.478. The van der Waals surface area contributed by atoms with Gasteiger partial charge >= 0.3 is 0 Å². The second kappa shape index (κ2) is 15.1. The van der Waals surface area contributed by atoms with Gasteiger partial charge in [-0.15, -0.1) is 0 Å². The number of aromatic nitrogens is 2. The molecule has 0 bridgehead atoms. The summed E-state index contributed by atoms with van der Waals surface area (Å²) in [7, 11) is 0. The highest BCUT2D eigenvalue weighted by Crippen LogP contribution is 2.58. The van der Waals surface area contributed by atoms with Crippen LogP contribution in [0.25, 0.3) is 88.8 Å². The molecule has 10 aromatic carbocycles. The summed E-state index contributed by atoms with van der Waals surface area (Å²) in [5.74, 6) is 0.695. The van der Waals surface area contributed by atoms with Gasteiger partial charge < -0.3 is 0 Å². The molecule has 2 nitrogen and oxygen atoms in total. The average Bonchev–Trinajstić information content (AvgIpc) is 3.68. The van der Waals surface area contributed by atoms with Crippen molar-refractivity contribution < 1.29 is 0 Å². The Bertz CT molecular complexity index is 3460. The molecule has 0 atom stereocenters. The Morgan fingerprint density at radius 3 is 1.54 bits per heavy atom. The summed E-state index contributed by atoms with van der Waals surface area (Å²) in [5.41, 5.74) is 16.7. The van der Waals surface area contributed by atoms with Crippen molar-refractivity contribution >= 4 is 21.5 Å². The fraction of sp³-hybridized carbons (Fsp3) is 0.0164. The van der Waals surface area contributed by atoms with Crippen molar-refractivity contribution in [2.45, 2.75) is 5.41 Å². The number of fused-ring (bicyclic) bond motifs is 5. The predicted molar refractivity (Wildman–Crippen MR) is 262 cm³/mol. The number of nitrogens with zero attached hydrogens (tertiary/aromatic N) is 2. The summed E-state index contributed by atoms with van der Waals surface area (Å²) in [6.07, 6.45) is 0. The third kappa shape index (κ3) is 5.95. The van der Waals surface area contributed by atoms with Crippen molar-refractivity contribution in [3.63, 3.8) is 0 Å². The topological polar surface area (TPSA) is 25.8 Å². The Balaban J connectivity index is 1.07. The summed E-state index contributed by atoms with van der Waals surface area (Å²) in [4.78, 5) is 10.7. The van der Waals surface area contributed by atoms with E-state index in [2.05, 4.69) is 237 Å². The molecule has 63 heavy (non-hydrogen) atoms. The first-order valence-corrected chi connectivity index (χ1v) is 21.7. The molecule has 0 aliphatic heterocycles. The molecule has 0 radical (unpaired) electrons. The van der Waals surface area contributed by atoms with E-state index < -0.39 is 5.41 Å². The standard InChI is InChI=1S/C61H40N2/c1-4-20-42(21-5-1)60-62-57(51-30-15-12-27-47(51)44-36-35-41-19-10-11-22-43(41)39-44)40-58(63-60)52-38-37-50(48-28-13-14-29-49(48)52)53-32-18-34-56-59(53)54-31-16-17-33-55(54)61(56,45-23-6-2-7-24-45)46-25-8-3-9-26-46/h1-40H. The van der Waals surface area contributed by atoms with Crippen LogP contribution >= 0.6 is 0 Å². The highest BCUT2D eigenvalue weighted by molar-refractivity contribution is 6.08. The molecule has 0 N–H and O–H groups in total. The molecule has 294 valence electrons. The maximum Gasteiger partial charge on any atom is 0.160 e. The van der Waals surface area contributed by atoms with Crippen LogP contribution in [0.15, 0.2) is 243 Å². The summed E-state index contributed by atoms with van der Waals surface area (Å²) in [6, 6.07) is 87.7. The number of hydrogen-bond acceptors (Lipinski definition) is 2. The van der Waals surface area contributed by atoms with Crippen LogP contribution in [-0.4, -0.2) is 9.97 Å². The predicted octanol–water partition coefficient (Wildman–Crippen LogP) is 15.5. The van der Waals surface area contributed by atoms with E-state index in [1.807, 2.05) is 6.07 Å². The quantitative estimate of drug-likeness (QED) is 0.160. The van der Waals surface area contributed by atoms with Gasteiger partial charge in [-0.2, -0.15) is 0 Å². The number of hydrogen-bond donors (Lipinski definition) is 0. The van der Waals surface area contributed by atoms with E-state index in [0.29, 0.717) is 5.82 Å². The number of rotatable bonds is 7. The number of benzene rings is 10. The lowest BCUT2D eigenvalue weighted by molar-refractivity contribution is 0.768. The van der Waals surface area contributed by atoms with E-state index in [4.69, 9.17) is 9.97 Å². The summed E-state index contributed by atoms with van der Waals surface area (Å²) in [5, 5.41) is 4.75. The van der Waals surface area contributed by atoms with Crippen LogP contribution in [0.4, 0.5) is 0 Å². The van der Waals surface area contributed by atoms with E-state index in [0.717, 1.165) is 44.6 Å². The Morgan fingerprint density at radius 2 is 0.810 bits per heavy atom. The van der Waals surface area contributed by atoms with Crippen LogP contribution in [0.5, 0.6) is 0 Å². The Labute approximate surface area is 367 Å². The van der Waals surface area contributed by atoms with E-state index >= 15 is 0 Å². The normalized spacial score (nSPS) is 12.6. The van der Waals surface area contributed by atoms with Gasteiger partial charge in [0.05, 0.1) is 16.8 Å². The van der Waals surface area contributed by atoms with Gasteiger partial charge in [0.1, 0.15) is 0 Å². The second-order valence-corrected chi connectivity index (χ2v) is 16.4. The van der Waals surface area contributed by atoms with Gasteiger partial charge in [0.15, 0.2) is 5.82 Å². The molecule has 1 aromatic heterocycles. The SMILES string of the molecule is c1ccc(-c2nc(-c3ccccc3-c3ccc4ccccc4c3)cc(-c3ccc(-c4cccc5c4-c4ccccc4C5(c4ccccc4)c4ccccc4)c4ccccc34)n2)cc1. The largest absolute Gasteiger partial charge is 0.228 e. The van der Waals surface area contributed by atoms with Gasteiger partial charge in [-0.3, -0.25) is 0 Å². The summed E-state index contributed by atoms with van der Waals surface area (Å²) in [6.45, 7) is 0. The van der Waals surface area contributed by atoms with Crippen molar-refractivity contribution in [3.8, 4) is 67.3 Å². The minimum Gasteiger partial charge on any atom is -0.228 e. The van der Waals surface area contributed by atoms with Crippen LogP contribution < -0.4 is 0 Å². The first-order chi connectivity index (χ1) is 31.3. The zero-order valence-corrected chi connectivity index (χ0v) is 34.5. The lowest BCUT2D eigenvalue weighted by Crippen LogP contribution is -2.28. The fourth-order valence-corrected chi connectivity index (χ4v) is 10.2. The maximum absolute atomic E-state index is 5.36. The first-order valence-electron chi connectivity index (χ1n) is 21.7. The minimum absolute atomic E-state index is 0.478. The van der Waals surface area contributed by atoms with E-state index in [9.17, 15) is 0 Å². The summed E-state index contributed by atoms with van der Waals surface area (Å²) < 4.78 is 0. The molecule has 0 unspecified atom stereocenters. The van der Waals surface area contributed by atoms with Gasteiger partial charge in [-0.1, -0.05) is 231 Å². The lowest BCUT2D eigenvalue weighted by atomic mass is 9.67. The van der Waals surface area contributed by atoms with Crippen LogP contribution in [0.2, 0.25) is 0 Å². The van der Waals surface area contributed by atoms with E-state index in [1.54, 1.807) is 0 Å². The molecule has 1 heterocycles. The van der Waals surface area contributed by atoms with Crippen molar-refractivity contribution in [2.24, 2.45) is 0 Å². The fourth-order valence-electron chi connectivity index (χ4n) is 10.2. The molecule has 12 rings (SSSR count). The molecule has 0 saturated heterocycles. The van der Waals surface area contributed by atoms with Crippen molar-refractivity contribution in [1.29, 1.82) is 0 Å². The second-order valence-electron chi connectivity index (χ2n) is 16.4. The molecule has 1 aliphatic rings. The zero-order valence-electron chi connectivity index (χ0n) is 34.5. The molecule has 2 heteroatoms. The average molecular weight is 801 g/mol. The molecule has 11 aromatic rings. The molecule has 0 fully saturated rings. The Hall–Kier alpha value is -8.20. The van der Waals surface area contributed by atoms with E-state index in [-0.39, 0.29) is 0 Å². The summed E-state index contributed by atoms with van der Waals surface area (Å²) >= 11 is 0. The molecule has 1 aliphatic carbocycles. The van der Waals surface area contributed by atoms with Crippen molar-refractivity contribution in [1.82, 2.24) is 9.97 Å². The lowest BCUT2D eigenvalue weighted by Gasteiger charge is -2.34. The van der Waals surface area contributed by atoms with Crippen LogP contribution in [0.1, 0.15) is 22.3 Å². The molecular weight excluding hydrogens is 761 g/mol. The van der Waals surface area contributed by atoms with Crippen molar-refractivity contribution in [3.05, 3.63) is 265 Å². The molecule has 0 amide bonds. The Morgan fingerprint density at radius 1 is 0.286 bits per heavy atom. The van der Waals surface area contributed by atoms with Gasteiger partial charge in [0, 0.05) is 16.7 Å². The highest BCUT2D eigenvalue weighted by atomic mass is 14.9. The first kappa shape index (κ1) is 36.6. The van der Waals surface area contributed by atoms with Crippen molar-refractivity contribution in [2.75, 3.05) is 0 Å². The smallest absolute Gasteiger partial charge is 0.160 e. The van der Waals surface area contributed by atoms with Gasteiger partial charge in [0.25, 0.3) is 0 Å². The Kier molecular flexibility index (Phi) is 8.76. The van der Waals surface area contributed by atoms with Gasteiger partial charge in [-0.25, -0.2) is 9.97 Å². The van der Waals surface area contributed by atoms with E-state index in [1.165, 1.54) is 60.7 Å². The van der Waals surface area contributed by atoms with Gasteiger partial charge in [0.2, 0.25) is 0 Å².